The average Bonchev–Trinajstić information content (AvgIpc) is 3.42. The van der Waals surface area contributed by atoms with Gasteiger partial charge in [0.2, 0.25) is 11.6 Å². The Hall–Kier alpha value is -4.32. The Balaban J connectivity index is 1.75. The molecule has 2 heterocycles. The normalized spacial score (nSPS) is 14.2. The van der Waals surface area contributed by atoms with Crippen LogP contribution in [0.4, 0.5) is 5.69 Å². The maximum Gasteiger partial charge on any atom is 0.221 e. The lowest BCUT2D eigenvalue weighted by Crippen LogP contribution is -2.09. The molecule has 4 rings (SSSR count). The van der Waals surface area contributed by atoms with Crippen LogP contribution in [0.3, 0.4) is 0 Å². The summed E-state index contributed by atoms with van der Waals surface area (Å²) in [6.07, 6.45) is 10.5. The highest BCUT2D eigenvalue weighted by Gasteiger charge is 2.24. The van der Waals surface area contributed by atoms with Crippen LogP contribution in [0.15, 0.2) is 66.4 Å². The van der Waals surface area contributed by atoms with E-state index >= 15 is 0 Å². The number of benzene rings is 2. The van der Waals surface area contributed by atoms with Gasteiger partial charge < -0.3 is 19.4 Å². The number of nitrogens with one attached hydrogen (secondary N) is 1. The summed E-state index contributed by atoms with van der Waals surface area (Å²) in [6.45, 7) is 6.20. The predicted molar refractivity (Wildman–Crippen MR) is 151 cm³/mol. The van der Waals surface area contributed by atoms with E-state index in [-0.39, 0.29) is 5.91 Å². The van der Waals surface area contributed by atoms with Gasteiger partial charge in [-0.05, 0) is 66.9 Å². The van der Waals surface area contributed by atoms with Crippen molar-refractivity contribution in [2.45, 2.75) is 20.8 Å². The molecule has 0 saturated carbocycles. The van der Waals surface area contributed by atoms with Gasteiger partial charge >= 0.3 is 0 Å². The smallest absolute Gasteiger partial charge is 0.221 e. The van der Waals surface area contributed by atoms with Gasteiger partial charge in [-0.15, -0.1) is 0 Å². The van der Waals surface area contributed by atoms with Crippen LogP contribution in [0.2, 0.25) is 0 Å². The molecule has 0 unspecified atom stereocenters. The lowest BCUT2D eigenvalue weighted by atomic mass is 9.97. The largest absolute Gasteiger partial charge is 0.493 e. The molecular formula is C31H34N3O3+. The fourth-order valence-electron chi connectivity index (χ4n) is 4.60. The zero-order valence-electron chi connectivity index (χ0n) is 22.3. The van der Waals surface area contributed by atoms with Gasteiger partial charge in [-0.3, -0.25) is 4.79 Å². The number of hydrogen-bond donors (Lipinski definition) is 1. The molecule has 6 heteroatoms. The molecule has 6 nitrogen and oxygen atoms in total. The highest BCUT2D eigenvalue weighted by Crippen LogP contribution is 2.34. The number of carbonyl (C=O) groups excluding carboxylic acids is 1. The molecule has 1 N–H and O–H groups in total. The molecular weight excluding hydrogens is 462 g/mol. The Kier molecular flexibility index (Phi) is 7.77. The number of anilines is 1. The number of aryl methyl sites for hydroxylation is 1. The molecule has 0 atom stereocenters. The molecule has 2 aromatic carbocycles. The number of aromatic nitrogens is 1. The molecule has 0 saturated heterocycles. The van der Waals surface area contributed by atoms with Crippen molar-refractivity contribution in [1.82, 2.24) is 4.57 Å². The molecule has 1 aliphatic rings. The van der Waals surface area contributed by atoms with E-state index in [9.17, 15) is 4.79 Å². The van der Waals surface area contributed by atoms with Crippen LogP contribution in [0, 0.1) is 6.92 Å². The fraction of sp³-hybridized carbons (Fsp3) is 0.226. The number of rotatable bonds is 8. The summed E-state index contributed by atoms with van der Waals surface area (Å²) >= 11 is 0. The second-order valence-corrected chi connectivity index (χ2v) is 8.97. The van der Waals surface area contributed by atoms with Gasteiger partial charge in [0.25, 0.3) is 0 Å². The van der Waals surface area contributed by atoms with Crippen LogP contribution >= 0.6 is 0 Å². The second kappa shape index (κ2) is 11.2. The van der Waals surface area contributed by atoms with Gasteiger partial charge in [0.1, 0.15) is 7.05 Å². The van der Waals surface area contributed by atoms with Crippen molar-refractivity contribution < 1.29 is 18.8 Å². The zero-order valence-corrected chi connectivity index (χ0v) is 22.3. The number of methoxy groups -OCH3 is 1. The maximum atomic E-state index is 11.5. The molecule has 0 bridgehead atoms. The molecule has 1 aliphatic heterocycles. The van der Waals surface area contributed by atoms with Crippen molar-refractivity contribution in [2.75, 3.05) is 26.1 Å². The number of nitrogens with zero attached hydrogens (tertiary/aromatic N) is 2. The minimum Gasteiger partial charge on any atom is -0.493 e. The summed E-state index contributed by atoms with van der Waals surface area (Å²) in [5.41, 5.74) is 8.53. The van der Waals surface area contributed by atoms with E-state index < -0.39 is 0 Å². The number of hydrogen-bond acceptors (Lipinski definition) is 3. The number of allylic oxidation sites excluding steroid dienone is 2. The Morgan fingerprint density at radius 1 is 1.08 bits per heavy atom. The molecule has 0 aliphatic carbocycles. The standard InChI is InChI=1S/C31H33N3O3/c1-7-37-29-20-23(11-17-28(29)36-6)10-16-26-19-21(2)31(34(26)5)30(27-9-8-18-33(27)4)24-12-14-25(15-13-24)32-22(3)35/h8-20H,7H2,1-6H3/p+1/b16-10+. The van der Waals surface area contributed by atoms with E-state index in [0.29, 0.717) is 6.61 Å². The van der Waals surface area contributed by atoms with Gasteiger partial charge in [-0.25, -0.2) is 4.58 Å². The third-order valence-electron chi connectivity index (χ3n) is 6.33. The van der Waals surface area contributed by atoms with Gasteiger partial charge in [0, 0.05) is 37.5 Å². The van der Waals surface area contributed by atoms with Gasteiger partial charge in [0.05, 0.1) is 25.0 Å². The number of likely N-dealkylation sites (N-methyl/N-ethyl adjacent to an activating group) is 1. The Morgan fingerprint density at radius 3 is 2.46 bits per heavy atom. The average molecular weight is 497 g/mol. The lowest BCUT2D eigenvalue weighted by Gasteiger charge is -2.14. The minimum atomic E-state index is -0.0840. The lowest BCUT2D eigenvalue weighted by molar-refractivity contribution is -0.428. The third kappa shape index (κ3) is 5.59. The highest BCUT2D eigenvalue weighted by atomic mass is 16.5. The van der Waals surface area contributed by atoms with Crippen LogP contribution in [0.5, 0.6) is 11.5 Å². The van der Waals surface area contributed by atoms with Crippen LogP contribution in [-0.4, -0.2) is 42.0 Å². The molecule has 37 heavy (non-hydrogen) atoms. The predicted octanol–water partition coefficient (Wildman–Crippen LogP) is 5.91. The number of amides is 1. The van der Waals surface area contributed by atoms with Gasteiger partial charge in [-0.1, -0.05) is 24.3 Å². The highest BCUT2D eigenvalue weighted by molar-refractivity contribution is 5.90. The van der Waals surface area contributed by atoms with E-state index in [1.807, 2.05) is 37.3 Å². The molecule has 1 amide bonds. The minimum absolute atomic E-state index is 0.0840. The second-order valence-electron chi connectivity index (χ2n) is 8.97. The molecule has 3 aromatic rings. The van der Waals surface area contributed by atoms with Crippen LogP contribution < -0.4 is 14.8 Å². The topological polar surface area (TPSA) is 55.5 Å². The first kappa shape index (κ1) is 25.8. The molecule has 0 spiro atoms. The van der Waals surface area contributed by atoms with Crippen LogP contribution in [0.1, 0.15) is 41.9 Å². The summed E-state index contributed by atoms with van der Waals surface area (Å²) in [6, 6.07) is 16.1. The summed E-state index contributed by atoms with van der Waals surface area (Å²) in [7, 11) is 5.80. The number of carbonyl (C=O) groups is 1. The van der Waals surface area contributed by atoms with E-state index in [1.165, 1.54) is 12.5 Å². The molecule has 1 aromatic heterocycles. The van der Waals surface area contributed by atoms with Crippen LogP contribution in [0.25, 0.3) is 17.7 Å². The first-order valence-corrected chi connectivity index (χ1v) is 12.3. The van der Waals surface area contributed by atoms with E-state index in [1.54, 1.807) is 7.11 Å². The van der Waals surface area contributed by atoms with Crippen LogP contribution in [-0.2, 0) is 11.8 Å². The zero-order chi connectivity index (χ0) is 26.5. The van der Waals surface area contributed by atoms with E-state index in [0.717, 1.165) is 51.0 Å². The van der Waals surface area contributed by atoms with Gasteiger partial charge in [0.15, 0.2) is 17.7 Å². The quantitative estimate of drug-likeness (QED) is 0.395. The van der Waals surface area contributed by atoms with Crippen molar-refractivity contribution in [3.63, 3.8) is 0 Å². The SMILES string of the molecule is CCOc1cc(/C=C/c2cc(C)c(/C(=C3/C=CC=[N+]3C)c3ccc(NC(C)=O)cc3)n2C)ccc1OC. The van der Waals surface area contributed by atoms with Crippen molar-refractivity contribution in [3.8, 4) is 11.5 Å². The van der Waals surface area contributed by atoms with Crippen molar-refractivity contribution >= 4 is 35.5 Å². The summed E-state index contributed by atoms with van der Waals surface area (Å²) in [5.74, 6) is 1.37. The van der Waals surface area contributed by atoms with Crippen molar-refractivity contribution in [1.29, 1.82) is 0 Å². The fourth-order valence-corrected chi connectivity index (χ4v) is 4.60. The summed E-state index contributed by atoms with van der Waals surface area (Å²) in [5, 5.41) is 2.85. The summed E-state index contributed by atoms with van der Waals surface area (Å²) < 4.78 is 15.5. The maximum absolute atomic E-state index is 11.5. The monoisotopic (exact) mass is 496 g/mol. The molecule has 190 valence electrons. The van der Waals surface area contributed by atoms with E-state index in [4.69, 9.17) is 9.47 Å². The summed E-state index contributed by atoms with van der Waals surface area (Å²) in [4.78, 5) is 11.5. The molecule has 0 radical (unpaired) electrons. The van der Waals surface area contributed by atoms with Gasteiger partial charge in [-0.2, -0.15) is 0 Å². The Labute approximate surface area is 218 Å². The van der Waals surface area contributed by atoms with E-state index in [2.05, 4.69) is 84.2 Å². The Bertz CT molecular complexity index is 1440. The Morgan fingerprint density at radius 2 is 1.84 bits per heavy atom. The van der Waals surface area contributed by atoms with Crippen molar-refractivity contribution in [2.24, 2.45) is 7.05 Å². The van der Waals surface area contributed by atoms with Crippen molar-refractivity contribution in [3.05, 3.63) is 94.5 Å². The third-order valence-corrected chi connectivity index (χ3v) is 6.33. The first-order valence-electron chi connectivity index (χ1n) is 12.3. The first-order chi connectivity index (χ1) is 17.8. The number of ether oxygens (including phenoxy) is 2. The molecule has 0 fully saturated rings.